The van der Waals surface area contributed by atoms with Crippen LogP contribution < -0.4 is 14.8 Å². The summed E-state index contributed by atoms with van der Waals surface area (Å²) in [6.07, 6.45) is 0. The number of benzene rings is 1. The summed E-state index contributed by atoms with van der Waals surface area (Å²) in [7, 11) is 0. The molecule has 5 nitrogen and oxygen atoms in total. The predicted octanol–water partition coefficient (Wildman–Crippen LogP) is 0.929. The molecular weight excluding hydrogens is 222 g/mol. The lowest BCUT2D eigenvalue weighted by Gasteiger charge is -2.08. The maximum Gasteiger partial charge on any atom is 0.287 e. The number of carbonyl (C=O) groups excluding carboxylic acids is 2. The van der Waals surface area contributed by atoms with Gasteiger partial charge in [0.25, 0.3) is 5.91 Å². The van der Waals surface area contributed by atoms with Gasteiger partial charge in [-0.05, 0) is 30.2 Å². The average Bonchev–Trinajstić information content (AvgIpc) is 2.72. The molecule has 17 heavy (non-hydrogen) atoms. The highest BCUT2D eigenvalue weighted by atomic mass is 16.7. The molecular formula is C12H13NO4. The summed E-state index contributed by atoms with van der Waals surface area (Å²) in [4.78, 5) is 21.9. The maximum absolute atomic E-state index is 11.1. The van der Waals surface area contributed by atoms with Gasteiger partial charge in [0.05, 0.1) is 0 Å². The summed E-state index contributed by atoms with van der Waals surface area (Å²) in [5, 5.41) is 2.55. The zero-order chi connectivity index (χ0) is 12.4. The molecule has 0 aromatic heterocycles. The molecule has 0 unspecified atom stereocenters. The van der Waals surface area contributed by atoms with Crippen molar-refractivity contribution in [3.05, 3.63) is 23.3 Å². The SMILES string of the molecule is CC(=O)C(=O)NCc1cc2c(cc1C)OCO2. The van der Waals surface area contributed by atoms with Crippen molar-refractivity contribution in [3.8, 4) is 11.5 Å². The third-order valence-corrected chi connectivity index (χ3v) is 2.59. The Morgan fingerprint density at radius 3 is 2.59 bits per heavy atom. The Balaban J connectivity index is 2.11. The lowest BCUT2D eigenvalue weighted by Crippen LogP contribution is -2.28. The van der Waals surface area contributed by atoms with E-state index in [1.165, 1.54) is 6.92 Å². The van der Waals surface area contributed by atoms with E-state index >= 15 is 0 Å². The van der Waals surface area contributed by atoms with Crippen LogP contribution in [0, 0.1) is 6.92 Å². The number of Topliss-reactive ketones (excluding diaryl/α,β-unsaturated/α-hetero) is 1. The fourth-order valence-corrected chi connectivity index (χ4v) is 1.58. The Morgan fingerprint density at radius 1 is 1.29 bits per heavy atom. The lowest BCUT2D eigenvalue weighted by molar-refractivity contribution is -0.136. The average molecular weight is 235 g/mol. The molecule has 5 heteroatoms. The molecule has 0 atom stereocenters. The first-order valence-electron chi connectivity index (χ1n) is 5.26. The Kier molecular flexibility index (Phi) is 2.99. The van der Waals surface area contributed by atoms with Crippen molar-refractivity contribution in [1.82, 2.24) is 5.32 Å². The first-order valence-corrected chi connectivity index (χ1v) is 5.26. The number of ketones is 1. The van der Waals surface area contributed by atoms with Crippen LogP contribution >= 0.6 is 0 Å². The van der Waals surface area contributed by atoms with E-state index in [1.54, 1.807) is 0 Å². The van der Waals surface area contributed by atoms with Gasteiger partial charge in [-0.25, -0.2) is 0 Å². The van der Waals surface area contributed by atoms with Crippen molar-refractivity contribution < 1.29 is 19.1 Å². The van der Waals surface area contributed by atoms with E-state index < -0.39 is 11.7 Å². The quantitative estimate of drug-likeness (QED) is 0.791. The summed E-state index contributed by atoms with van der Waals surface area (Å²) in [6, 6.07) is 3.68. The zero-order valence-electron chi connectivity index (χ0n) is 9.70. The smallest absolute Gasteiger partial charge is 0.287 e. The van der Waals surface area contributed by atoms with Gasteiger partial charge >= 0.3 is 0 Å². The fraction of sp³-hybridized carbons (Fsp3) is 0.333. The number of aryl methyl sites for hydroxylation is 1. The third kappa shape index (κ3) is 2.38. The normalized spacial score (nSPS) is 12.4. The summed E-state index contributed by atoms with van der Waals surface area (Å²) < 4.78 is 10.5. The van der Waals surface area contributed by atoms with Gasteiger partial charge in [0.15, 0.2) is 11.5 Å². The van der Waals surface area contributed by atoms with E-state index in [9.17, 15) is 9.59 Å². The fourth-order valence-electron chi connectivity index (χ4n) is 1.58. The first kappa shape index (κ1) is 11.4. The minimum absolute atomic E-state index is 0.220. The van der Waals surface area contributed by atoms with Crippen molar-refractivity contribution in [2.45, 2.75) is 20.4 Å². The standard InChI is InChI=1S/C12H13NO4/c1-7-3-10-11(17-6-16-10)4-9(7)5-13-12(15)8(2)14/h3-4H,5-6H2,1-2H3,(H,13,15). The van der Waals surface area contributed by atoms with Gasteiger partial charge < -0.3 is 14.8 Å². The van der Waals surface area contributed by atoms with E-state index in [2.05, 4.69) is 5.32 Å². The van der Waals surface area contributed by atoms with E-state index in [0.717, 1.165) is 11.1 Å². The number of fused-ring (bicyclic) bond motifs is 1. The molecule has 1 amide bonds. The summed E-state index contributed by atoms with van der Waals surface area (Å²) >= 11 is 0. The monoisotopic (exact) mass is 235 g/mol. The van der Waals surface area contributed by atoms with E-state index in [-0.39, 0.29) is 6.79 Å². The van der Waals surface area contributed by atoms with Gasteiger partial charge in [0.1, 0.15) is 0 Å². The second-order valence-corrected chi connectivity index (χ2v) is 3.87. The molecule has 1 heterocycles. The van der Waals surface area contributed by atoms with E-state index in [4.69, 9.17) is 9.47 Å². The second kappa shape index (κ2) is 4.45. The van der Waals surface area contributed by atoms with Gasteiger partial charge in [-0.1, -0.05) is 0 Å². The minimum Gasteiger partial charge on any atom is -0.454 e. The highest BCUT2D eigenvalue weighted by Crippen LogP contribution is 2.34. The van der Waals surface area contributed by atoms with Crippen LogP contribution in [0.5, 0.6) is 11.5 Å². The zero-order valence-corrected chi connectivity index (χ0v) is 9.70. The van der Waals surface area contributed by atoms with Crippen LogP contribution in [0.1, 0.15) is 18.1 Å². The molecule has 0 spiro atoms. The second-order valence-electron chi connectivity index (χ2n) is 3.87. The number of amides is 1. The number of ether oxygens (including phenoxy) is 2. The third-order valence-electron chi connectivity index (χ3n) is 2.59. The summed E-state index contributed by atoms with van der Waals surface area (Å²) in [5.74, 6) is 0.303. The molecule has 0 radical (unpaired) electrons. The largest absolute Gasteiger partial charge is 0.454 e. The molecule has 1 aliphatic heterocycles. The number of hydrogen-bond acceptors (Lipinski definition) is 4. The number of rotatable bonds is 3. The van der Waals surface area contributed by atoms with Crippen LogP contribution in [0.15, 0.2) is 12.1 Å². The van der Waals surface area contributed by atoms with Gasteiger partial charge in [-0.2, -0.15) is 0 Å². The van der Waals surface area contributed by atoms with E-state index in [0.29, 0.717) is 18.0 Å². The van der Waals surface area contributed by atoms with Gasteiger partial charge in [-0.15, -0.1) is 0 Å². The van der Waals surface area contributed by atoms with Crippen LogP contribution in [0.25, 0.3) is 0 Å². The van der Waals surface area contributed by atoms with Crippen molar-refractivity contribution in [1.29, 1.82) is 0 Å². The number of hydrogen-bond donors (Lipinski definition) is 1. The van der Waals surface area contributed by atoms with Crippen molar-refractivity contribution in [2.75, 3.05) is 6.79 Å². The first-order chi connectivity index (χ1) is 8.08. The van der Waals surface area contributed by atoms with Crippen LogP contribution in [0.3, 0.4) is 0 Å². The predicted molar refractivity (Wildman–Crippen MR) is 59.8 cm³/mol. The van der Waals surface area contributed by atoms with Crippen molar-refractivity contribution in [3.63, 3.8) is 0 Å². The Bertz CT molecular complexity index is 482. The van der Waals surface area contributed by atoms with Crippen molar-refractivity contribution >= 4 is 11.7 Å². The molecule has 1 aromatic carbocycles. The molecule has 1 aromatic rings. The summed E-state index contributed by atoms with van der Waals surface area (Å²) in [6.45, 7) is 3.68. The van der Waals surface area contributed by atoms with E-state index in [1.807, 2.05) is 19.1 Å². The van der Waals surface area contributed by atoms with Crippen LogP contribution in [-0.4, -0.2) is 18.5 Å². The molecule has 2 rings (SSSR count). The highest BCUT2D eigenvalue weighted by molar-refractivity contribution is 6.35. The molecule has 1 aliphatic rings. The van der Waals surface area contributed by atoms with Gasteiger partial charge in [0.2, 0.25) is 12.6 Å². The molecule has 90 valence electrons. The maximum atomic E-state index is 11.1. The Morgan fingerprint density at radius 2 is 1.94 bits per heavy atom. The molecule has 0 aliphatic carbocycles. The lowest BCUT2D eigenvalue weighted by atomic mass is 10.1. The molecule has 1 N–H and O–H groups in total. The van der Waals surface area contributed by atoms with Crippen LogP contribution in [0.2, 0.25) is 0 Å². The van der Waals surface area contributed by atoms with Gasteiger partial charge in [-0.3, -0.25) is 9.59 Å². The summed E-state index contributed by atoms with van der Waals surface area (Å²) in [5.41, 5.74) is 1.89. The topological polar surface area (TPSA) is 64.6 Å². The Labute approximate surface area is 98.7 Å². The van der Waals surface area contributed by atoms with Gasteiger partial charge in [0, 0.05) is 13.5 Å². The Hall–Kier alpha value is -2.04. The highest BCUT2D eigenvalue weighted by Gasteiger charge is 2.16. The van der Waals surface area contributed by atoms with Crippen LogP contribution in [-0.2, 0) is 16.1 Å². The molecule has 0 saturated heterocycles. The van der Waals surface area contributed by atoms with Crippen LogP contribution in [0.4, 0.5) is 0 Å². The molecule has 0 bridgehead atoms. The molecule has 0 fully saturated rings. The minimum atomic E-state index is -0.581. The molecule has 0 saturated carbocycles. The number of carbonyl (C=O) groups is 2. The number of nitrogens with one attached hydrogen (secondary N) is 1. The van der Waals surface area contributed by atoms with Crippen molar-refractivity contribution in [2.24, 2.45) is 0 Å².